The molecule has 4 aromatic rings. The fourth-order valence-electron chi connectivity index (χ4n) is 3.05. The van der Waals surface area contributed by atoms with Gasteiger partial charge in [0.2, 0.25) is 11.7 Å². The fourth-order valence-corrected chi connectivity index (χ4v) is 3.87. The van der Waals surface area contributed by atoms with Crippen molar-refractivity contribution < 1.29 is 9.18 Å². The second-order valence-corrected chi connectivity index (χ2v) is 7.11. The molecule has 1 amide bonds. The number of hydrogen-bond acceptors (Lipinski definition) is 5. The molecular formula is C18H16FN5O3S. The Labute approximate surface area is 161 Å². The molecule has 1 aromatic carbocycles. The molecule has 0 bridgehead atoms. The van der Waals surface area contributed by atoms with E-state index in [4.69, 9.17) is 0 Å². The van der Waals surface area contributed by atoms with Crippen LogP contribution in [-0.2, 0) is 17.9 Å². The van der Waals surface area contributed by atoms with Crippen LogP contribution in [0, 0.1) is 5.82 Å². The zero-order valence-electron chi connectivity index (χ0n) is 14.9. The molecule has 3 aromatic heterocycles. The van der Waals surface area contributed by atoms with Crippen LogP contribution in [0.1, 0.15) is 13.3 Å². The maximum atomic E-state index is 13.7. The molecule has 10 heteroatoms. The maximum Gasteiger partial charge on any atom is 0.352 e. The van der Waals surface area contributed by atoms with Gasteiger partial charge in [-0.3, -0.25) is 14.2 Å². The predicted octanol–water partition coefficient (Wildman–Crippen LogP) is 2.06. The van der Waals surface area contributed by atoms with Crippen molar-refractivity contribution in [1.82, 2.24) is 18.7 Å². The quantitative estimate of drug-likeness (QED) is 0.554. The topological polar surface area (TPSA) is 90.4 Å². The number of rotatable bonds is 5. The molecule has 0 aliphatic heterocycles. The van der Waals surface area contributed by atoms with Crippen molar-refractivity contribution in [3.8, 4) is 0 Å². The van der Waals surface area contributed by atoms with Crippen LogP contribution in [-0.4, -0.2) is 24.7 Å². The third-order valence-corrected chi connectivity index (χ3v) is 5.17. The average Bonchev–Trinajstić information content (AvgIpc) is 3.26. The van der Waals surface area contributed by atoms with E-state index in [1.54, 1.807) is 17.5 Å². The van der Waals surface area contributed by atoms with Crippen molar-refractivity contribution in [2.75, 3.05) is 5.32 Å². The molecule has 0 spiro atoms. The second kappa shape index (κ2) is 7.04. The van der Waals surface area contributed by atoms with E-state index in [0.29, 0.717) is 23.2 Å². The zero-order chi connectivity index (χ0) is 19.8. The lowest BCUT2D eigenvalue weighted by atomic mass is 10.3. The number of benzene rings is 1. The van der Waals surface area contributed by atoms with E-state index in [0.717, 1.165) is 4.68 Å². The van der Waals surface area contributed by atoms with Gasteiger partial charge in [0.25, 0.3) is 5.56 Å². The summed E-state index contributed by atoms with van der Waals surface area (Å²) in [5, 5.41) is 8.36. The van der Waals surface area contributed by atoms with Gasteiger partial charge in [-0.2, -0.15) is 0 Å². The van der Waals surface area contributed by atoms with Crippen molar-refractivity contribution >= 4 is 38.9 Å². The van der Waals surface area contributed by atoms with Gasteiger partial charge in [-0.15, -0.1) is 16.4 Å². The van der Waals surface area contributed by atoms with Gasteiger partial charge < -0.3 is 5.32 Å². The number of carbonyl (C=O) groups is 1. The van der Waals surface area contributed by atoms with Crippen LogP contribution in [0.2, 0.25) is 0 Å². The Balaban J connectivity index is 1.78. The number of anilines is 1. The number of aromatic nitrogens is 4. The summed E-state index contributed by atoms with van der Waals surface area (Å²) >= 11 is 1.25. The molecular weight excluding hydrogens is 385 g/mol. The van der Waals surface area contributed by atoms with Gasteiger partial charge in [0.05, 0.1) is 11.2 Å². The monoisotopic (exact) mass is 401 g/mol. The highest BCUT2D eigenvalue weighted by atomic mass is 32.1. The molecule has 1 N–H and O–H groups in total. The molecule has 0 saturated carbocycles. The van der Waals surface area contributed by atoms with Gasteiger partial charge in [0, 0.05) is 6.54 Å². The lowest BCUT2D eigenvalue weighted by molar-refractivity contribution is -0.117. The Hall–Kier alpha value is -3.27. The summed E-state index contributed by atoms with van der Waals surface area (Å²) in [5.41, 5.74) is -0.269. The fraction of sp³-hybridized carbons (Fsp3) is 0.222. The van der Waals surface area contributed by atoms with Crippen LogP contribution in [0.4, 0.5) is 10.1 Å². The number of para-hydroxylation sites is 1. The first-order valence-corrected chi connectivity index (χ1v) is 9.53. The molecule has 0 fully saturated rings. The molecule has 0 aliphatic rings. The average molecular weight is 401 g/mol. The van der Waals surface area contributed by atoms with Gasteiger partial charge in [0.1, 0.15) is 17.1 Å². The van der Waals surface area contributed by atoms with Gasteiger partial charge in [-0.1, -0.05) is 19.1 Å². The highest BCUT2D eigenvalue weighted by Gasteiger charge is 2.19. The van der Waals surface area contributed by atoms with Crippen LogP contribution in [0.3, 0.4) is 0 Å². The molecule has 144 valence electrons. The summed E-state index contributed by atoms with van der Waals surface area (Å²) in [4.78, 5) is 37.9. The first-order valence-electron chi connectivity index (χ1n) is 8.65. The van der Waals surface area contributed by atoms with Crippen LogP contribution >= 0.6 is 11.3 Å². The normalized spacial score (nSPS) is 11.4. The maximum absolute atomic E-state index is 13.7. The summed E-state index contributed by atoms with van der Waals surface area (Å²) in [6.07, 6.45) is 0.682. The summed E-state index contributed by atoms with van der Waals surface area (Å²) in [5.74, 6) is -0.988. The van der Waals surface area contributed by atoms with Crippen LogP contribution in [0.5, 0.6) is 0 Å². The highest BCUT2D eigenvalue weighted by Crippen LogP contribution is 2.17. The number of thiophene rings is 1. The Morgan fingerprint density at radius 3 is 2.79 bits per heavy atom. The smallest absolute Gasteiger partial charge is 0.322 e. The van der Waals surface area contributed by atoms with E-state index >= 15 is 0 Å². The van der Waals surface area contributed by atoms with Crippen molar-refractivity contribution in [1.29, 1.82) is 0 Å². The van der Waals surface area contributed by atoms with E-state index < -0.39 is 24.0 Å². The first-order chi connectivity index (χ1) is 13.5. The summed E-state index contributed by atoms with van der Waals surface area (Å²) in [7, 11) is 0. The second-order valence-electron chi connectivity index (χ2n) is 6.20. The van der Waals surface area contributed by atoms with E-state index in [-0.39, 0.29) is 17.0 Å². The lowest BCUT2D eigenvalue weighted by Gasteiger charge is -2.05. The Morgan fingerprint density at radius 2 is 2.04 bits per heavy atom. The number of hydrogen-bond donors (Lipinski definition) is 1. The molecule has 8 nitrogen and oxygen atoms in total. The predicted molar refractivity (Wildman–Crippen MR) is 104 cm³/mol. The zero-order valence-corrected chi connectivity index (χ0v) is 15.7. The number of carbonyl (C=O) groups excluding carboxylic acids is 1. The highest BCUT2D eigenvalue weighted by molar-refractivity contribution is 7.17. The number of aryl methyl sites for hydroxylation is 1. The van der Waals surface area contributed by atoms with Crippen molar-refractivity contribution in [2.45, 2.75) is 26.4 Å². The minimum Gasteiger partial charge on any atom is -0.322 e. The first kappa shape index (κ1) is 18.1. The third kappa shape index (κ3) is 2.91. The molecule has 0 radical (unpaired) electrons. The van der Waals surface area contributed by atoms with Crippen molar-refractivity contribution in [3.05, 3.63) is 62.4 Å². The molecule has 0 unspecified atom stereocenters. The molecule has 0 atom stereocenters. The number of halogens is 1. The number of fused-ring (bicyclic) bond motifs is 3. The van der Waals surface area contributed by atoms with E-state index in [1.807, 2.05) is 6.92 Å². The number of nitrogens with one attached hydrogen (secondary N) is 1. The lowest BCUT2D eigenvalue weighted by Crippen LogP contribution is -2.29. The molecule has 4 rings (SSSR count). The van der Waals surface area contributed by atoms with Gasteiger partial charge in [-0.25, -0.2) is 18.3 Å². The molecule has 28 heavy (non-hydrogen) atoms. The number of amides is 1. The van der Waals surface area contributed by atoms with Gasteiger partial charge in [-0.05, 0) is 30.0 Å². The summed E-state index contributed by atoms with van der Waals surface area (Å²) in [6.45, 7) is 1.91. The minimum atomic E-state index is -0.596. The van der Waals surface area contributed by atoms with Gasteiger partial charge >= 0.3 is 5.69 Å². The largest absolute Gasteiger partial charge is 0.352 e. The van der Waals surface area contributed by atoms with Gasteiger partial charge in [0.15, 0.2) is 0 Å². The van der Waals surface area contributed by atoms with Crippen LogP contribution in [0.25, 0.3) is 16.0 Å². The van der Waals surface area contributed by atoms with Crippen LogP contribution in [0.15, 0.2) is 45.3 Å². The summed E-state index contributed by atoms with van der Waals surface area (Å²) in [6, 6.07) is 7.43. The van der Waals surface area contributed by atoms with Crippen LogP contribution < -0.4 is 16.6 Å². The standard InChI is InChI=1S/C18H16FN5O3S/c1-2-8-22-16(26)15-13(7-9-28-15)24-17(22)21-23(18(24)27)10-14(25)20-12-6-4-3-5-11(12)19/h3-7,9H,2,8,10H2,1H3,(H,20,25). The SMILES string of the molecule is CCCn1c(=O)c2sccc2n2c(=O)n(CC(=O)Nc3ccccc3F)nc12. The van der Waals surface area contributed by atoms with E-state index in [2.05, 4.69) is 10.4 Å². The van der Waals surface area contributed by atoms with Crippen molar-refractivity contribution in [3.63, 3.8) is 0 Å². The van der Waals surface area contributed by atoms with E-state index in [9.17, 15) is 18.8 Å². The van der Waals surface area contributed by atoms with Crippen molar-refractivity contribution in [2.24, 2.45) is 0 Å². The minimum absolute atomic E-state index is 0.0208. The molecule has 0 saturated heterocycles. The third-order valence-electron chi connectivity index (χ3n) is 4.28. The van der Waals surface area contributed by atoms with E-state index in [1.165, 1.54) is 38.5 Å². The Bertz CT molecular complexity index is 1320. The molecule has 0 aliphatic carbocycles. The molecule has 3 heterocycles. The Kier molecular flexibility index (Phi) is 4.55. The number of nitrogens with zero attached hydrogens (tertiary/aromatic N) is 4. The Morgan fingerprint density at radius 1 is 1.25 bits per heavy atom. The summed E-state index contributed by atoms with van der Waals surface area (Å²) < 4.78 is 17.9.